The van der Waals surface area contributed by atoms with E-state index in [1.165, 1.54) is 30.3 Å². The van der Waals surface area contributed by atoms with E-state index in [1.807, 2.05) is 6.92 Å². The summed E-state index contributed by atoms with van der Waals surface area (Å²) in [6.07, 6.45) is -0.342. The second-order valence-electron chi connectivity index (χ2n) is 7.68. The van der Waals surface area contributed by atoms with Crippen molar-refractivity contribution in [3.63, 3.8) is 0 Å². The van der Waals surface area contributed by atoms with E-state index < -0.39 is 38.4 Å². The number of aromatic nitrogens is 2. The maximum Gasteiger partial charge on any atom is 0.333 e. The van der Waals surface area contributed by atoms with Gasteiger partial charge in [-0.25, -0.2) is 22.2 Å². The number of hydrogen-bond donors (Lipinski definition) is 2. The van der Waals surface area contributed by atoms with Crippen LogP contribution in [0.2, 0.25) is 4.34 Å². The second-order valence-corrected chi connectivity index (χ2v) is 11.6. The van der Waals surface area contributed by atoms with Crippen molar-refractivity contribution in [3.05, 3.63) is 85.1 Å². The lowest BCUT2D eigenvalue weighted by Gasteiger charge is -2.10. The number of fused-ring (bicyclic) bond motifs is 1. The molecule has 2 aromatic heterocycles. The van der Waals surface area contributed by atoms with Crippen LogP contribution >= 0.6 is 22.9 Å². The van der Waals surface area contributed by atoms with Gasteiger partial charge in [0, 0.05) is 18.7 Å². The number of thiophene rings is 1. The molecule has 0 unspecified atom stereocenters. The molecule has 0 bridgehead atoms. The van der Waals surface area contributed by atoms with Crippen molar-refractivity contribution in [1.29, 1.82) is 0 Å². The number of H-pyrrole nitrogens is 1. The minimum Gasteiger partial charge on any atom is -0.385 e. The summed E-state index contributed by atoms with van der Waals surface area (Å²) in [5, 5.41) is 3.28. The standard InChI is InChI=1S/C23H19ClFN3O5S2/c1-2-26-14-4-5-16-18(11-14)27-23(31)28(22(16)30)19-6-3-13(10-17(19)25)9-15(29)12-35(32,33)21-8-7-20(24)34-21/h3-8,10-11,26H,2,9,12H2,1H3,(H,27,31). The molecule has 0 spiro atoms. The molecular formula is C23H19ClFN3O5S2. The van der Waals surface area contributed by atoms with Crippen molar-refractivity contribution in [1.82, 2.24) is 9.55 Å². The van der Waals surface area contributed by atoms with Crippen LogP contribution in [-0.4, -0.2) is 36.0 Å². The quantitative estimate of drug-likeness (QED) is 0.356. The average Bonchev–Trinajstić information content (AvgIpc) is 3.22. The predicted octanol–water partition coefficient (Wildman–Crippen LogP) is 3.55. The molecule has 2 N–H and O–H groups in total. The number of carbonyl (C=O) groups is 1. The number of carbonyl (C=O) groups excluding carboxylic acids is 1. The third-order valence-corrected chi connectivity index (χ3v) is 8.63. The van der Waals surface area contributed by atoms with Crippen molar-refractivity contribution in [3.8, 4) is 5.69 Å². The number of ketones is 1. The van der Waals surface area contributed by atoms with E-state index in [0.29, 0.717) is 16.6 Å². The SMILES string of the molecule is CCNc1ccc2c(=O)n(-c3ccc(CC(=O)CS(=O)(=O)c4ccc(Cl)s4)cc3F)c(=O)[nH]c2c1. The Morgan fingerprint density at radius 2 is 1.91 bits per heavy atom. The number of sulfone groups is 1. The normalized spacial score (nSPS) is 11.6. The predicted molar refractivity (Wildman–Crippen MR) is 134 cm³/mol. The Bertz CT molecular complexity index is 1670. The summed E-state index contributed by atoms with van der Waals surface area (Å²) in [6, 6.07) is 11.2. The summed E-state index contributed by atoms with van der Waals surface area (Å²) in [5.74, 6) is -2.30. The molecule has 0 aliphatic rings. The van der Waals surface area contributed by atoms with Crippen molar-refractivity contribution >= 4 is 55.1 Å². The van der Waals surface area contributed by atoms with Crippen LogP contribution in [0, 0.1) is 5.82 Å². The second kappa shape index (κ2) is 9.76. The Morgan fingerprint density at radius 3 is 2.57 bits per heavy atom. The summed E-state index contributed by atoms with van der Waals surface area (Å²) in [6.45, 7) is 2.56. The van der Waals surface area contributed by atoms with Crippen LogP contribution in [0.25, 0.3) is 16.6 Å². The molecule has 35 heavy (non-hydrogen) atoms. The summed E-state index contributed by atoms with van der Waals surface area (Å²) in [4.78, 5) is 40.5. The fourth-order valence-corrected chi connectivity index (χ4v) is 6.43. The third kappa shape index (κ3) is 5.21. The molecule has 4 aromatic rings. The van der Waals surface area contributed by atoms with E-state index in [4.69, 9.17) is 11.6 Å². The van der Waals surface area contributed by atoms with Crippen LogP contribution in [0.5, 0.6) is 0 Å². The number of nitrogens with zero attached hydrogens (tertiary/aromatic N) is 1. The molecule has 12 heteroatoms. The number of hydrogen-bond acceptors (Lipinski definition) is 7. The molecule has 0 saturated heterocycles. The van der Waals surface area contributed by atoms with Crippen LogP contribution in [0.3, 0.4) is 0 Å². The van der Waals surface area contributed by atoms with Gasteiger partial charge in [0.05, 0.1) is 20.9 Å². The molecule has 0 fully saturated rings. The van der Waals surface area contributed by atoms with Gasteiger partial charge in [0.15, 0.2) is 15.6 Å². The van der Waals surface area contributed by atoms with Crippen molar-refractivity contribution < 1.29 is 17.6 Å². The zero-order chi connectivity index (χ0) is 25.3. The van der Waals surface area contributed by atoms with Gasteiger partial charge in [-0.2, -0.15) is 0 Å². The molecule has 0 saturated carbocycles. The lowest BCUT2D eigenvalue weighted by molar-refractivity contribution is -0.116. The minimum absolute atomic E-state index is 0.0233. The van der Waals surface area contributed by atoms with Gasteiger partial charge in [-0.15, -0.1) is 11.3 Å². The number of aromatic amines is 1. The Hall–Kier alpha value is -3.28. The summed E-state index contributed by atoms with van der Waals surface area (Å²) < 4.78 is 40.6. The first-order valence-electron chi connectivity index (χ1n) is 10.4. The maximum absolute atomic E-state index is 15.0. The largest absolute Gasteiger partial charge is 0.385 e. The first-order chi connectivity index (χ1) is 16.6. The van der Waals surface area contributed by atoms with Crippen LogP contribution in [-0.2, 0) is 21.1 Å². The fourth-order valence-electron chi connectivity index (χ4n) is 3.62. The van der Waals surface area contributed by atoms with Gasteiger partial charge in [-0.05, 0) is 55.0 Å². The van der Waals surface area contributed by atoms with Crippen LogP contribution in [0.1, 0.15) is 12.5 Å². The van der Waals surface area contributed by atoms with Gasteiger partial charge < -0.3 is 10.3 Å². The Morgan fingerprint density at radius 1 is 1.14 bits per heavy atom. The number of benzene rings is 2. The van der Waals surface area contributed by atoms with Gasteiger partial charge >= 0.3 is 5.69 Å². The van der Waals surface area contributed by atoms with Gasteiger partial charge in [-0.3, -0.25) is 9.59 Å². The molecule has 4 rings (SSSR count). The highest BCUT2D eigenvalue weighted by molar-refractivity contribution is 7.94. The van der Waals surface area contributed by atoms with Crippen LogP contribution in [0.15, 0.2) is 62.3 Å². The number of anilines is 1. The molecule has 0 amide bonds. The van der Waals surface area contributed by atoms with Crippen molar-refractivity contribution in [2.45, 2.75) is 17.6 Å². The van der Waals surface area contributed by atoms with E-state index in [1.54, 1.807) is 12.1 Å². The average molecular weight is 536 g/mol. The van der Waals surface area contributed by atoms with Crippen molar-refractivity contribution in [2.75, 3.05) is 17.6 Å². The van der Waals surface area contributed by atoms with E-state index in [-0.39, 0.29) is 31.6 Å². The minimum atomic E-state index is -3.86. The monoisotopic (exact) mass is 535 g/mol. The molecule has 0 aliphatic carbocycles. The highest BCUT2D eigenvalue weighted by atomic mass is 35.5. The fraction of sp³-hybridized carbons (Fsp3) is 0.174. The zero-order valence-corrected chi connectivity index (χ0v) is 20.7. The summed E-state index contributed by atoms with van der Waals surface area (Å²) in [5.41, 5.74) is -0.570. The van der Waals surface area contributed by atoms with Gasteiger partial charge in [0.1, 0.15) is 15.8 Å². The highest BCUT2D eigenvalue weighted by Gasteiger charge is 2.22. The Balaban J connectivity index is 1.61. The molecule has 182 valence electrons. The van der Waals surface area contributed by atoms with E-state index >= 15 is 0 Å². The van der Waals surface area contributed by atoms with Gasteiger partial charge in [-0.1, -0.05) is 17.7 Å². The number of rotatable bonds is 8. The van der Waals surface area contributed by atoms with Crippen LogP contribution in [0.4, 0.5) is 10.1 Å². The van der Waals surface area contributed by atoms with E-state index in [0.717, 1.165) is 23.1 Å². The number of halogens is 2. The third-order valence-electron chi connectivity index (χ3n) is 5.14. The molecule has 2 aromatic carbocycles. The lowest BCUT2D eigenvalue weighted by Crippen LogP contribution is -2.34. The molecule has 2 heterocycles. The zero-order valence-electron chi connectivity index (χ0n) is 18.3. The number of Topliss-reactive ketones (excluding diaryl/α,β-unsaturated/α-hetero) is 1. The van der Waals surface area contributed by atoms with Gasteiger partial charge in [0.2, 0.25) is 0 Å². The highest BCUT2D eigenvalue weighted by Crippen LogP contribution is 2.26. The first-order valence-corrected chi connectivity index (χ1v) is 13.3. The summed E-state index contributed by atoms with van der Waals surface area (Å²) in [7, 11) is -3.86. The molecule has 8 nitrogen and oxygen atoms in total. The molecule has 0 atom stereocenters. The van der Waals surface area contributed by atoms with Crippen molar-refractivity contribution in [2.24, 2.45) is 0 Å². The number of nitrogens with one attached hydrogen (secondary N) is 2. The summed E-state index contributed by atoms with van der Waals surface area (Å²) >= 11 is 6.61. The Labute approximate surface area is 207 Å². The maximum atomic E-state index is 15.0. The molecule has 0 radical (unpaired) electrons. The molecular weight excluding hydrogens is 517 g/mol. The Kier molecular flexibility index (Phi) is 6.93. The van der Waals surface area contributed by atoms with Gasteiger partial charge in [0.25, 0.3) is 5.56 Å². The topological polar surface area (TPSA) is 118 Å². The lowest BCUT2D eigenvalue weighted by atomic mass is 10.1. The van der Waals surface area contributed by atoms with E-state index in [9.17, 15) is 27.2 Å². The first kappa shape index (κ1) is 24.8. The van der Waals surface area contributed by atoms with Crippen LogP contribution < -0.4 is 16.6 Å². The molecule has 0 aliphatic heterocycles. The smallest absolute Gasteiger partial charge is 0.333 e. The van der Waals surface area contributed by atoms with E-state index in [2.05, 4.69) is 10.3 Å².